The largest absolute Gasteiger partial charge is 0.497 e. The highest BCUT2D eigenvalue weighted by atomic mass is 35.5. The lowest BCUT2D eigenvalue weighted by Gasteiger charge is -2.07. The minimum absolute atomic E-state index is 0.0237. The number of rotatable bonds is 3. The summed E-state index contributed by atoms with van der Waals surface area (Å²) in [6.07, 6.45) is 1.37. The van der Waals surface area contributed by atoms with Gasteiger partial charge in [0.15, 0.2) is 0 Å². The fourth-order valence-electron chi connectivity index (χ4n) is 2.26. The zero-order valence-corrected chi connectivity index (χ0v) is 13.0. The predicted molar refractivity (Wildman–Crippen MR) is 90.5 cm³/mol. The Morgan fingerprint density at radius 1 is 1.17 bits per heavy atom. The zero-order valence-electron chi connectivity index (χ0n) is 12.2. The summed E-state index contributed by atoms with van der Waals surface area (Å²) in [6, 6.07) is 11.8. The molecule has 1 amide bonds. The molecule has 6 heteroatoms. The van der Waals surface area contributed by atoms with Crippen molar-refractivity contribution in [3.63, 3.8) is 0 Å². The molecule has 0 saturated heterocycles. The van der Waals surface area contributed by atoms with Gasteiger partial charge in [0.2, 0.25) is 5.43 Å². The van der Waals surface area contributed by atoms with Crippen LogP contribution in [0, 0.1) is 0 Å². The number of pyridine rings is 1. The number of carbonyl (C=O) groups excluding carboxylic acids is 1. The summed E-state index contributed by atoms with van der Waals surface area (Å²) in [5, 5.41) is 3.49. The number of methoxy groups -OCH3 is 1. The number of halogens is 1. The average Bonchev–Trinajstić information content (AvgIpc) is 2.56. The molecule has 0 atom stereocenters. The second-order valence-electron chi connectivity index (χ2n) is 4.88. The first-order valence-electron chi connectivity index (χ1n) is 6.85. The molecule has 23 heavy (non-hydrogen) atoms. The smallest absolute Gasteiger partial charge is 0.261 e. The van der Waals surface area contributed by atoms with E-state index >= 15 is 0 Å². The SMILES string of the molecule is COc1ccc(NC(=O)c2c[nH]c3c(Cl)cccc3c2=O)cc1. The Morgan fingerprint density at radius 2 is 1.91 bits per heavy atom. The zero-order chi connectivity index (χ0) is 16.4. The molecule has 0 radical (unpaired) electrons. The first-order chi connectivity index (χ1) is 11.1. The minimum Gasteiger partial charge on any atom is -0.497 e. The highest BCUT2D eigenvalue weighted by Crippen LogP contribution is 2.19. The molecule has 2 N–H and O–H groups in total. The lowest BCUT2D eigenvalue weighted by atomic mass is 10.1. The highest BCUT2D eigenvalue weighted by Gasteiger charge is 2.14. The predicted octanol–water partition coefficient (Wildman–Crippen LogP) is 3.44. The number of fused-ring (bicyclic) bond motifs is 1. The molecule has 3 aromatic rings. The number of H-pyrrole nitrogens is 1. The topological polar surface area (TPSA) is 71.2 Å². The number of aromatic amines is 1. The number of amides is 1. The Hall–Kier alpha value is -2.79. The third-order valence-electron chi connectivity index (χ3n) is 3.46. The van der Waals surface area contributed by atoms with E-state index in [1.165, 1.54) is 6.20 Å². The van der Waals surface area contributed by atoms with Crippen molar-refractivity contribution in [1.29, 1.82) is 0 Å². The van der Waals surface area contributed by atoms with E-state index < -0.39 is 5.91 Å². The lowest BCUT2D eigenvalue weighted by Crippen LogP contribution is -2.21. The van der Waals surface area contributed by atoms with Gasteiger partial charge in [-0.2, -0.15) is 0 Å². The average molecular weight is 329 g/mol. The third-order valence-corrected chi connectivity index (χ3v) is 3.77. The molecular weight excluding hydrogens is 316 g/mol. The number of aromatic nitrogens is 1. The van der Waals surface area contributed by atoms with Crippen molar-refractivity contribution in [3.8, 4) is 5.75 Å². The van der Waals surface area contributed by atoms with Crippen LogP contribution < -0.4 is 15.5 Å². The van der Waals surface area contributed by atoms with Gasteiger partial charge < -0.3 is 15.0 Å². The summed E-state index contributed by atoms with van der Waals surface area (Å²) < 4.78 is 5.06. The number of anilines is 1. The van der Waals surface area contributed by atoms with Gasteiger partial charge in [-0.1, -0.05) is 17.7 Å². The van der Waals surface area contributed by atoms with Gasteiger partial charge in [0.25, 0.3) is 5.91 Å². The maximum atomic E-state index is 12.5. The Kier molecular flexibility index (Phi) is 4.04. The second kappa shape index (κ2) is 6.14. The number of benzene rings is 2. The molecule has 0 spiro atoms. The van der Waals surface area contributed by atoms with Crippen LogP contribution in [-0.4, -0.2) is 18.0 Å². The van der Waals surface area contributed by atoms with Crippen molar-refractivity contribution < 1.29 is 9.53 Å². The van der Waals surface area contributed by atoms with Crippen molar-refractivity contribution in [1.82, 2.24) is 4.98 Å². The summed E-state index contributed by atoms with van der Waals surface area (Å²) in [6.45, 7) is 0. The fourth-order valence-corrected chi connectivity index (χ4v) is 2.49. The van der Waals surface area contributed by atoms with Crippen LogP contribution >= 0.6 is 11.6 Å². The van der Waals surface area contributed by atoms with Crippen LogP contribution in [0.15, 0.2) is 53.5 Å². The number of nitrogens with one attached hydrogen (secondary N) is 2. The van der Waals surface area contributed by atoms with Gasteiger partial charge in [0, 0.05) is 17.3 Å². The van der Waals surface area contributed by atoms with E-state index in [1.54, 1.807) is 49.6 Å². The van der Waals surface area contributed by atoms with E-state index in [9.17, 15) is 9.59 Å². The van der Waals surface area contributed by atoms with E-state index in [-0.39, 0.29) is 11.0 Å². The Balaban J connectivity index is 1.94. The highest BCUT2D eigenvalue weighted by molar-refractivity contribution is 6.35. The standard InChI is InChI=1S/C17H13ClN2O3/c1-23-11-7-5-10(6-8-11)20-17(22)13-9-19-15-12(16(13)21)3-2-4-14(15)18/h2-9H,1H3,(H,19,21)(H,20,22). The molecule has 0 aliphatic rings. The molecule has 5 nitrogen and oxygen atoms in total. The summed E-state index contributed by atoms with van der Waals surface area (Å²) in [5.74, 6) is 0.194. The van der Waals surface area contributed by atoms with Gasteiger partial charge in [0.1, 0.15) is 11.3 Å². The van der Waals surface area contributed by atoms with E-state index in [0.29, 0.717) is 27.4 Å². The second-order valence-corrected chi connectivity index (χ2v) is 5.28. The van der Waals surface area contributed by atoms with Crippen LogP contribution in [0.4, 0.5) is 5.69 Å². The van der Waals surface area contributed by atoms with Crippen molar-refractivity contribution in [2.24, 2.45) is 0 Å². The first kappa shape index (κ1) is 15.1. The van der Waals surface area contributed by atoms with E-state index in [0.717, 1.165) is 0 Å². The number of hydrogen-bond acceptors (Lipinski definition) is 3. The summed E-state index contributed by atoms with van der Waals surface area (Å²) in [7, 11) is 1.56. The minimum atomic E-state index is -0.488. The van der Waals surface area contributed by atoms with Crippen molar-refractivity contribution in [2.75, 3.05) is 12.4 Å². The van der Waals surface area contributed by atoms with Crippen molar-refractivity contribution in [3.05, 3.63) is 69.5 Å². The normalized spacial score (nSPS) is 10.5. The molecule has 0 aliphatic carbocycles. The van der Waals surface area contributed by atoms with Gasteiger partial charge in [-0.05, 0) is 36.4 Å². The van der Waals surface area contributed by atoms with E-state index in [1.807, 2.05) is 0 Å². The molecule has 0 fully saturated rings. The van der Waals surface area contributed by atoms with Crippen LogP contribution in [0.2, 0.25) is 5.02 Å². The maximum absolute atomic E-state index is 12.5. The van der Waals surface area contributed by atoms with Crippen LogP contribution in [0.3, 0.4) is 0 Å². The Morgan fingerprint density at radius 3 is 2.61 bits per heavy atom. The molecule has 1 aromatic heterocycles. The van der Waals surface area contributed by atoms with E-state index in [4.69, 9.17) is 16.3 Å². The van der Waals surface area contributed by atoms with Gasteiger partial charge in [0.05, 0.1) is 17.6 Å². The van der Waals surface area contributed by atoms with Crippen LogP contribution in [0.1, 0.15) is 10.4 Å². The summed E-state index contributed by atoms with van der Waals surface area (Å²) in [5.41, 5.74) is 0.740. The third kappa shape index (κ3) is 2.91. The summed E-state index contributed by atoms with van der Waals surface area (Å²) in [4.78, 5) is 27.7. The van der Waals surface area contributed by atoms with Gasteiger partial charge in [-0.3, -0.25) is 9.59 Å². The molecule has 0 aliphatic heterocycles. The Labute approximate surface area is 136 Å². The molecule has 0 unspecified atom stereocenters. The molecule has 116 valence electrons. The number of ether oxygens (including phenoxy) is 1. The number of para-hydroxylation sites is 1. The molecule has 2 aromatic carbocycles. The van der Waals surface area contributed by atoms with Crippen molar-refractivity contribution >= 4 is 34.1 Å². The van der Waals surface area contributed by atoms with E-state index in [2.05, 4.69) is 10.3 Å². The van der Waals surface area contributed by atoms with Gasteiger partial charge in [-0.15, -0.1) is 0 Å². The maximum Gasteiger partial charge on any atom is 0.261 e. The number of hydrogen-bond donors (Lipinski definition) is 2. The summed E-state index contributed by atoms with van der Waals surface area (Å²) >= 11 is 6.04. The number of carbonyl (C=O) groups is 1. The fraction of sp³-hybridized carbons (Fsp3) is 0.0588. The van der Waals surface area contributed by atoms with Crippen LogP contribution in [-0.2, 0) is 0 Å². The molecular formula is C17H13ClN2O3. The van der Waals surface area contributed by atoms with Crippen molar-refractivity contribution in [2.45, 2.75) is 0 Å². The first-order valence-corrected chi connectivity index (χ1v) is 7.23. The molecule has 0 bridgehead atoms. The molecule has 0 saturated carbocycles. The monoisotopic (exact) mass is 328 g/mol. The lowest BCUT2D eigenvalue weighted by molar-refractivity contribution is 0.102. The molecule has 1 heterocycles. The molecule has 3 rings (SSSR count). The van der Waals surface area contributed by atoms with Crippen LogP contribution in [0.25, 0.3) is 10.9 Å². The van der Waals surface area contributed by atoms with Gasteiger partial charge in [-0.25, -0.2) is 0 Å². The van der Waals surface area contributed by atoms with Gasteiger partial charge >= 0.3 is 0 Å². The van der Waals surface area contributed by atoms with Crippen LogP contribution in [0.5, 0.6) is 5.75 Å². The Bertz CT molecular complexity index is 933. The quantitative estimate of drug-likeness (QED) is 0.773.